The predicted octanol–water partition coefficient (Wildman–Crippen LogP) is 2.05. The van der Waals surface area contributed by atoms with Crippen LogP contribution in [0.5, 0.6) is 11.5 Å². The molecule has 3 rings (SSSR count). The second kappa shape index (κ2) is 6.07. The van der Waals surface area contributed by atoms with E-state index in [2.05, 4.69) is 10.3 Å². The zero-order valence-corrected chi connectivity index (χ0v) is 13.3. The molecular formula is C17H17FN2O4. The number of carbonyl (C=O) groups excluding carboxylic acids is 2. The highest BCUT2D eigenvalue weighted by Gasteiger charge is 2.43. The first-order chi connectivity index (χ1) is 11.4. The minimum Gasteiger partial charge on any atom is -0.496 e. The van der Waals surface area contributed by atoms with Crippen LogP contribution in [0.15, 0.2) is 24.4 Å². The van der Waals surface area contributed by atoms with Crippen molar-refractivity contribution >= 4 is 23.1 Å². The molecule has 1 N–H and O–H groups in total. The molecule has 6 nitrogen and oxygen atoms in total. The molecule has 1 aliphatic rings. The Morgan fingerprint density at radius 3 is 2.88 bits per heavy atom. The highest BCUT2D eigenvalue weighted by molar-refractivity contribution is 5.93. The number of ether oxygens (including phenoxy) is 2. The number of alkyl halides is 1. The molecule has 0 radical (unpaired) electrons. The summed E-state index contributed by atoms with van der Waals surface area (Å²) in [5.41, 5.74) is -0.886. The van der Waals surface area contributed by atoms with Crippen molar-refractivity contribution < 1.29 is 23.5 Å². The average Bonchev–Trinajstić information content (AvgIpc) is 2.83. The first-order valence-corrected chi connectivity index (χ1v) is 7.49. The van der Waals surface area contributed by atoms with Gasteiger partial charge in [-0.15, -0.1) is 0 Å². The Bertz CT molecular complexity index is 807. The molecule has 1 saturated heterocycles. The van der Waals surface area contributed by atoms with Gasteiger partial charge in [-0.3, -0.25) is 14.6 Å². The number of amides is 1. The number of halogens is 1. The lowest BCUT2D eigenvalue weighted by molar-refractivity contribution is -0.128. The molecule has 0 saturated carbocycles. The van der Waals surface area contributed by atoms with E-state index in [1.165, 1.54) is 14.0 Å². The lowest BCUT2D eigenvalue weighted by Gasteiger charge is -2.14. The zero-order valence-electron chi connectivity index (χ0n) is 13.3. The van der Waals surface area contributed by atoms with Gasteiger partial charge in [-0.25, -0.2) is 4.39 Å². The van der Waals surface area contributed by atoms with Crippen LogP contribution in [-0.4, -0.2) is 42.6 Å². The summed E-state index contributed by atoms with van der Waals surface area (Å²) in [4.78, 5) is 26.8. The number of hydrogen-bond acceptors (Lipinski definition) is 5. The van der Waals surface area contributed by atoms with Gasteiger partial charge in [0.15, 0.2) is 12.0 Å². The van der Waals surface area contributed by atoms with Crippen LogP contribution in [0, 0.1) is 0 Å². The summed E-state index contributed by atoms with van der Waals surface area (Å²) in [5.74, 6) is 0.325. The molecule has 2 heterocycles. The van der Waals surface area contributed by atoms with Crippen molar-refractivity contribution in [1.82, 2.24) is 10.3 Å². The van der Waals surface area contributed by atoms with Gasteiger partial charge in [0.05, 0.1) is 24.2 Å². The number of nitrogens with zero attached hydrogens (tertiary/aromatic N) is 1. The van der Waals surface area contributed by atoms with E-state index in [9.17, 15) is 14.0 Å². The Kier molecular flexibility index (Phi) is 4.09. The summed E-state index contributed by atoms with van der Waals surface area (Å²) in [7, 11) is 1.47. The number of hydrogen-bond donors (Lipinski definition) is 1. The Morgan fingerprint density at radius 1 is 1.46 bits per heavy atom. The Labute approximate surface area is 138 Å². The smallest absolute Gasteiger partial charge is 0.257 e. The topological polar surface area (TPSA) is 77.5 Å². The molecule has 2 atom stereocenters. The van der Waals surface area contributed by atoms with Crippen LogP contribution < -0.4 is 14.8 Å². The van der Waals surface area contributed by atoms with Crippen LogP contribution in [0.25, 0.3) is 10.9 Å². The Balaban J connectivity index is 1.85. The van der Waals surface area contributed by atoms with Crippen molar-refractivity contribution in [3.05, 3.63) is 30.0 Å². The van der Waals surface area contributed by atoms with Gasteiger partial charge in [-0.05, 0) is 25.1 Å². The number of nitrogens with one attached hydrogen (secondary N) is 1. The maximum atomic E-state index is 13.9. The minimum atomic E-state index is -1.86. The predicted molar refractivity (Wildman–Crippen MR) is 85.2 cm³/mol. The summed E-state index contributed by atoms with van der Waals surface area (Å²) >= 11 is 0. The molecule has 1 aromatic carbocycles. The molecule has 1 fully saturated rings. The Morgan fingerprint density at radius 2 is 2.25 bits per heavy atom. The SMILES string of the molecule is COc1cc2c(OCC3C[C@](C)(F)C(=O)N3)ccnc2cc1C=O. The molecule has 126 valence electrons. The number of aromatic nitrogens is 1. The third-order valence-corrected chi connectivity index (χ3v) is 4.06. The van der Waals surface area contributed by atoms with Crippen molar-refractivity contribution in [2.45, 2.75) is 25.1 Å². The maximum absolute atomic E-state index is 13.9. The van der Waals surface area contributed by atoms with E-state index < -0.39 is 17.6 Å². The third kappa shape index (κ3) is 2.89. The Hall–Kier alpha value is -2.70. The zero-order chi connectivity index (χ0) is 17.3. The summed E-state index contributed by atoms with van der Waals surface area (Å²) in [5, 5.41) is 3.25. The van der Waals surface area contributed by atoms with E-state index in [1.807, 2.05) is 0 Å². The van der Waals surface area contributed by atoms with Crippen molar-refractivity contribution in [1.29, 1.82) is 0 Å². The van der Waals surface area contributed by atoms with Gasteiger partial charge in [0, 0.05) is 18.0 Å². The standard InChI is InChI=1S/C17H17FN2O4/c1-17(18)7-11(20-16(17)22)9-24-14-3-4-19-13-5-10(8-21)15(23-2)6-12(13)14/h3-6,8,11H,7,9H2,1-2H3,(H,20,22)/t11?,17-/m0/s1. The normalized spacial score (nSPS) is 23.1. The summed E-state index contributed by atoms with van der Waals surface area (Å²) < 4.78 is 24.8. The van der Waals surface area contributed by atoms with Crippen molar-refractivity contribution in [3.8, 4) is 11.5 Å². The lowest BCUT2D eigenvalue weighted by atomic mass is 10.1. The number of fused-ring (bicyclic) bond motifs is 1. The molecule has 0 spiro atoms. The number of methoxy groups -OCH3 is 1. The minimum absolute atomic E-state index is 0.0630. The average molecular weight is 332 g/mol. The van der Waals surface area contributed by atoms with E-state index in [-0.39, 0.29) is 13.0 Å². The van der Waals surface area contributed by atoms with E-state index in [0.717, 1.165) is 0 Å². The maximum Gasteiger partial charge on any atom is 0.257 e. The first kappa shape index (κ1) is 16.2. The molecule has 1 aliphatic heterocycles. The van der Waals surface area contributed by atoms with E-state index in [4.69, 9.17) is 9.47 Å². The largest absolute Gasteiger partial charge is 0.496 e. The van der Waals surface area contributed by atoms with Gasteiger partial charge < -0.3 is 14.8 Å². The first-order valence-electron chi connectivity index (χ1n) is 7.49. The van der Waals surface area contributed by atoms with Gasteiger partial charge in [0.1, 0.15) is 18.1 Å². The summed E-state index contributed by atoms with van der Waals surface area (Å²) in [6.45, 7) is 1.40. The molecule has 0 aliphatic carbocycles. The second-order valence-electron chi connectivity index (χ2n) is 5.92. The molecule has 1 aromatic heterocycles. The number of aldehydes is 1. The quantitative estimate of drug-likeness (QED) is 0.848. The highest BCUT2D eigenvalue weighted by Crippen LogP contribution is 2.31. The summed E-state index contributed by atoms with van der Waals surface area (Å²) in [6, 6.07) is 4.57. The van der Waals surface area contributed by atoms with Gasteiger partial charge in [0.2, 0.25) is 0 Å². The van der Waals surface area contributed by atoms with E-state index >= 15 is 0 Å². The van der Waals surface area contributed by atoms with Gasteiger partial charge in [0.25, 0.3) is 5.91 Å². The highest BCUT2D eigenvalue weighted by atomic mass is 19.1. The monoisotopic (exact) mass is 332 g/mol. The van der Waals surface area contributed by atoms with Crippen LogP contribution in [-0.2, 0) is 4.79 Å². The van der Waals surface area contributed by atoms with Gasteiger partial charge in [-0.2, -0.15) is 0 Å². The van der Waals surface area contributed by atoms with Crippen molar-refractivity contribution in [2.24, 2.45) is 0 Å². The fraction of sp³-hybridized carbons (Fsp3) is 0.353. The molecule has 0 bridgehead atoms. The molecule has 24 heavy (non-hydrogen) atoms. The molecule has 1 amide bonds. The number of benzene rings is 1. The van der Waals surface area contributed by atoms with E-state index in [1.54, 1.807) is 24.4 Å². The van der Waals surface area contributed by atoms with Crippen LogP contribution in [0.1, 0.15) is 23.7 Å². The fourth-order valence-corrected chi connectivity index (χ4v) is 2.79. The van der Waals surface area contributed by atoms with Crippen molar-refractivity contribution in [2.75, 3.05) is 13.7 Å². The fourth-order valence-electron chi connectivity index (χ4n) is 2.79. The van der Waals surface area contributed by atoms with Crippen LogP contribution in [0.3, 0.4) is 0 Å². The number of carbonyl (C=O) groups is 2. The number of pyridine rings is 1. The molecular weight excluding hydrogens is 315 g/mol. The van der Waals surface area contributed by atoms with Gasteiger partial charge >= 0.3 is 0 Å². The van der Waals surface area contributed by atoms with Crippen molar-refractivity contribution in [3.63, 3.8) is 0 Å². The molecule has 7 heteroatoms. The van der Waals surface area contributed by atoms with Crippen LogP contribution >= 0.6 is 0 Å². The second-order valence-corrected chi connectivity index (χ2v) is 5.92. The van der Waals surface area contributed by atoms with Crippen LogP contribution in [0.2, 0.25) is 0 Å². The van der Waals surface area contributed by atoms with Gasteiger partial charge in [-0.1, -0.05) is 0 Å². The molecule has 1 unspecified atom stereocenters. The molecule has 2 aromatic rings. The van der Waals surface area contributed by atoms with Crippen LogP contribution in [0.4, 0.5) is 4.39 Å². The third-order valence-electron chi connectivity index (χ3n) is 4.06. The van der Waals surface area contributed by atoms with E-state index in [0.29, 0.717) is 34.3 Å². The lowest BCUT2D eigenvalue weighted by Crippen LogP contribution is -2.33. The summed E-state index contributed by atoms with van der Waals surface area (Å²) in [6.07, 6.45) is 2.32. The number of rotatable bonds is 5.